The van der Waals surface area contributed by atoms with E-state index in [1.54, 1.807) is 0 Å². The number of oxazole rings is 1. The number of benzene rings is 1. The maximum atomic E-state index is 11.2. The zero-order valence-electron chi connectivity index (χ0n) is 10.3. The van der Waals surface area contributed by atoms with Crippen molar-refractivity contribution in [3.8, 4) is 11.5 Å². The van der Waals surface area contributed by atoms with Gasteiger partial charge in [-0.1, -0.05) is 12.1 Å². The number of nitrogens with zero attached hydrogens (tertiary/aromatic N) is 1. The first-order chi connectivity index (χ1) is 9.08. The molecule has 1 heterocycles. The number of halogens is 1. The molecular weight excluding hydrogens is 357 g/mol. The predicted molar refractivity (Wildman–Crippen MR) is 78.3 cm³/mol. The maximum absolute atomic E-state index is 11.2. The molecule has 2 aromatic rings. The summed E-state index contributed by atoms with van der Waals surface area (Å²) < 4.78 is 6.53. The number of hydrogen-bond acceptors (Lipinski definition) is 3. The van der Waals surface area contributed by atoms with Gasteiger partial charge in [-0.15, -0.1) is 0 Å². The molecule has 19 heavy (non-hydrogen) atoms. The molecule has 0 aliphatic heterocycles. The zero-order valence-corrected chi connectivity index (χ0v) is 12.5. The van der Waals surface area contributed by atoms with Gasteiger partial charge in [0.15, 0.2) is 0 Å². The van der Waals surface area contributed by atoms with Crippen molar-refractivity contribution in [1.82, 2.24) is 4.98 Å². The topological polar surface area (TPSA) is 63.3 Å². The third kappa shape index (κ3) is 2.27. The minimum atomic E-state index is -1.04. The zero-order chi connectivity index (χ0) is 13.6. The molecule has 0 bridgehead atoms. The Morgan fingerprint density at radius 2 is 2.21 bits per heavy atom. The van der Waals surface area contributed by atoms with Crippen LogP contribution in [0.25, 0.3) is 11.5 Å². The molecule has 4 nitrogen and oxygen atoms in total. The van der Waals surface area contributed by atoms with Crippen molar-refractivity contribution in [1.29, 1.82) is 0 Å². The van der Waals surface area contributed by atoms with Gasteiger partial charge < -0.3 is 9.52 Å². The van der Waals surface area contributed by atoms with Gasteiger partial charge in [0.2, 0.25) is 11.7 Å². The van der Waals surface area contributed by atoms with Gasteiger partial charge in [-0.3, -0.25) is 0 Å². The smallest absolute Gasteiger partial charge is 0.373 e. The second kappa shape index (κ2) is 4.63. The Labute approximate surface area is 124 Å². The highest BCUT2D eigenvalue weighted by atomic mass is 127. The van der Waals surface area contributed by atoms with Crippen LogP contribution in [0.4, 0.5) is 0 Å². The first kappa shape index (κ1) is 12.7. The van der Waals surface area contributed by atoms with Crippen molar-refractivity contribution in [3.63, 3.8) is 0 Å². The Kier molecular flexibility index (Phi) is 3.08. The minimum Gasteiger partial charge on any atom is -0.475 e. The summed E-state index contributed by atoms with van der Waals surface area (Å²) in [5.41, 5.74) is 2.58. The van der Waals surface area contributed by atoms with Gasteiger partial charge in [-0.2, -0.15) is 0 Å². The number of aromatic nitrogens is 1. The lowest BCUT2D eigenvalue weighted by Crippen LogP contribution is -1.98. The van der Waals surface area contributed by atoms with Crippen molar-refractivity contribution < 1.29 is 14.3 Å². The quantitative estimate of drug-likeness (QED) is 0.836. The fraction of sp³-hybridized carbons (Fsp3) is 0.286. The highest BCUT2D eigenvalue weighted by Gasteiger charge is 2.33. The summed E-state index contributed by atoms with van der Waals surface area (Å²) in [6.45, 7) is 2.01. The molecule has 0 radical (unpaired) electrons. The first-order valence-corrected chi connectivity index (χ1v) is 7.15. The number of carbonyl (C=O) groups is 1. The largest absolute Gasteiger partial charge is 0.475 e. The fourth-order valence-corrected chi connectivity index (χ4v) is 2.64. The summed E-state index contributed by atoms with van der Waals surface area (Å²) >= 11 is 2.23. The second-order valence-electron chi connectivity index (χ2n) is 4.75. The number of aromatic carboxylic acids is 1. The minimum absolute atomic E-state index is 0.00481. The van der Waals surface area contributed by atoms with Gasteiger partial charge in [-0.25, -0.2) is 9.78 Å². The molecule has 1 N–H and O–H groups in total. The molecule has 1 aromatic heterocycles. The highest BCUT2D eigenvalue weighted by molar-refractivity contribution is 14.1. The van der Waals surface area contributed by atoms with E-state index in [2.05, 4.69) is 27.6 Å². The van der Waals surface area contributed by atoms with Gasteiger partial charge in [-0.05, 0) is 54.0 Å². The Morgan fingerprint density at radius 3 is 2.84 bits per heavy atom. The summed E-state index contributed by atoms with van der Waals surface area (Å²) in [5.74, 6) is -0.378. The van der Waals surface area contributed by atoms with Crippen LogP contribution in [0.1, 0.15) is 40.6 Å². The lowest BCUT2D eigenvalue weighted by molar-refractivity contribution is 0.0661. The summed E-state index contributed by atoms with van der Waals surface area (Å²) in [7, 11) is 0. The van der Waals surface area contributed by atoms with Crippen molar-refractivity contribution >= 4 is 28.6 Å². The SMILES string of the molecule is Cc1cccc(-c2nc(C3CC3)c(C(=O)O)o2)c1I. The predicted octanol–water partition coefficient (Wildman–Crippen LogP) is 3.83. The van der Waals surface area contributed by atoms with Crippen molar-refractivity contribution in [3.05, 3.63) is 38.8 Å². The molecular formula is C14H12INO3. The fourth-order valence-electron chi connectivity index (χ4n) is 2.05. The normalized spacial score (nSPS) is 14.6. The Morgan fingerprint density at radius 1 is 1.47 bits per heavy atom. The molecule has 0 amide bonds. The van der Waals surface area contributed by atoms with Crippen LogP contribution in [-0.2, 0) is 0 Å². The van der Waals surface area contributed by atoms with E-state index in [9.17, 15) is 9.90 Å². The van der Waals surface area contributed by atoms with E-state index >= 15 is 0 Å². The number of aryl methyl sites for hydroxylation is 1. The van der Waals surface area contributed by atoms with Crippen molar-refractivity contribution in [2.24, 2.45) is 0 Å². The molecule has 1 aromatic carbocycles. The van der Waals surface area contributed by atoms with E-state index in [1.807, 2.05) is 25.1 Å². The summed E-state index contributed by atoms with van der Waals surface area (Å²) in [5, 5.41) is 9.19. The van der Waals surface area contributed by atoms with Gasteiger partial charge in [0.05, 0.1) is 11.3 Å². The van der Waals surface area contributed by atoms with E-state index in [-0.39, 0.29) is 11.7 Å². The van der Waals surface area contributed by atoms with Crippen LogP contribution in [0.5, 0.6) is 0 Å². The Hall–Kier alpha value is -1.37. The monoisotopic (exact) mass is 369 g/mol. The molecule has 0 spiro atoms. The number of carboxylic acid groups (broad SMARTS) is 1. The molecule has 0 unspecified atom stereocenters. The molecule has 0 saturated heterocycles. The Balaban J connectivity index is 2.13. The molecule has 0 atom stereocenters. The Bertz CT molecular complexity index is 659. The standard InChI is InChI=1S/C14H12INO3/c1-7-3-2-4-9(10(7)15)13-16-11(8-5-6-8)12(19-13)14(17)18/h2-4,8H,5-6H2,1H3,(H,17,18). The van der Waals surface area contributed by atoms with Crippen molar-refractivity contribution in [2.45, 2.75) is 25.7 Å². The maximum Gasteiger partial charge on any atom is 0.373 e. The van der Waals surface area contributed by atoms with E-state index in [0.717, 1.165) is 27.5 Å². The third-order valence-corrected chi connectivity index (χ3v) is 4.67. The van der Waals surface area contributed by atoms with Gasteiger partial charge >= 0.3 is 5.97 Å². The molecule has 1 saturated carbocycles. The summed E-state index contributed by atoms with van der Waals surface area (Å²) in [4.78, 5) is 15.6. The molecule has 3 rings (SSSR count). The molecule has 1 fully saturated rings. The number of rotatable bonds is 3. The van der Waals surface area contributed by atoms with Crippen LogP contribution in [0.2, 0.25) is 0 Å². The lowest BCUT2D eigenvalue weighted by Gasteiger charge is -2.02. The van der Waals surface area contributed by atoms with Crippen molar-refractivity contribution in [2.75, 3.05) is 0 Å². The summed E-state index contributed by atoms with van der Waals surface area (Å²) in [6, 6.07) is 5.84. The van der Waals surface area contributed by atoms with Crippen LogP contribution >= 0.6 is 22.6 Å². The highest BCUT2D eigenvalue weighted by Crippen LogP contribution is 2.42. The van der Waals surface area contributed by atoms with Crippen LogP contribution in [0.3, 0.4) is 0 Å². The van der Waals surface area contributed by atoms with E-state index in [0.29, 0.717) is 11.6 Å². The van der Waals surface area contributed by atoms with Gasteiger partial charge in [0.25, 0.3) is 0 Å². The van der Waals surface area contributed by atoms with Crippen LogP contribution in [-0.4, -0.2) is 16.1 Å². The van der Waals surface area contributed by atoms with E-state index < -0.39 is 5.97 Å². The number of hydrogen-bond donors (Lipinski definition) is 1. The molecule has 1 aliphatic rings. The molecule has 98 valence electrons. The third-order valence-electron chi connectivity index (χ3n) is 3.23. The van der Waals surface area contributed by atoms with Crippen LogP contribution < -0.4 is 0 Å². The molecule has 1 aliphatic carbocycles. The van der Waals surface area contributed by atoms with E-state index in [4.69, 9.17) is 4.42 Å². The summed E-state index contributed by atoms with van der Waals surface area (Å²) in [6.07, 6.45) is 1.99. The molecule has 5 heteroatoms. The average Bonchev–Trinajstić information content (AvgIpc) is 3.12. The lowest BCUT2D eigenvalue weighted by atomic mass is 10.1. The average molecular weight is 369 g/mol. The first-order valence-electron chi connectivity index (χ1n) is 6.07. The second-order valence-corrected chi connectivity index (χ2v) is 5.83. The van der Waals surface area contributed by atoms with Crippen LogP contribution in [0.15, 0.2) is 22.6 Å². The van der Waals surface area contributed by atoms with Crippen LogP contribution in [0, 0.1) is 10.5 Å². The van der Waals surface area contributed by atoms with Gasteiger partial charge in [0, 0.05) is 9.49 Å². The van der Waals surface area contributed by atoms with Gasteiger partial charge in [0.1, 0.15) is 0 Å². The number of carboxylic acids is 1. The van der Waals surface area contributed by atoms with E-state index in [1.165, 1.54) is 0 Å².